The van der Waals surface area contributed by atoms with Gasteiger partial charge in [0, 0.05) is 6.42 Å². The molecule has 3 aromatic carbocycles. The fourth-order valence-corrected chi connectivity index (χ4v) is 4.78. The second-order valence-electron chi connectivity index (χ2n) is 8.07. The van der Waals surface area contributed by atoms with Gasteiger partial charge in [0.2, 0.25) is 0 Å². The minimum absolute atomic E-state index is 0.0528. The van der Waals surface area contributed by atoms with Crippen LogP contribution < -0.4 is 9.47 Å². The molecule has 0 aliphatic carbocycles. The molecule has 0 unspecified atom stereocenters. The third kappa shape index (κ3) is 6.07. The van der Waals surface area contributed by atoms with Crippen LogP contribution in [0.15, 0.2) is 77.7 Å². The molecule has 0 spiro atoms. The molecule has 6 heteroatoms. The van der Waals surface area contributed by atoms with Gasteiger partial charge in [0.1, 0.15) is 15.8 Å². The smallest absolute Gasteiger partial charge is 0.266 e. The van der Waals surface area contributed by atoms with Gasteiger partial charge < -0.3 is 9.47 Å². The summed E-state index contributed by atoms with van der Waals surface area (Å²) in [5.74, 6) is 1.67. The molecule has 1 heterocycles. The summed E-state index contributed by atoms with van der Waals surface area (Å²) in [4.78, 5) is 15.1. The number of rotatable bonds is 9. The van der Waals surface area contributed by atoms with Crippen molar-refractivity contribution in [2.75, 3.05) is 13.2 Å². The standard InChI is InChI=1S/C28H27NO3S2/c1-20-8-6-11-25(21(20)2)32-17-7-16-31-24-14-12-22(13-15-24)18-26-27(30)29(28(33)34-26)19-23-9-4-3-5-10-23/h3-6,8-15,18H,7,16-17,19H2,1-2H3/b26-18-. The number of benzene rings is 3. The minimum atomic E-state index is -0.0528. The van der Waals surface area contributed by atoms with Crippen molar-refractivity contribution in [2.24, 2.45) is 0 Å². The Balaban J connectivity index is 1.26. The van der Waals surface area contributed by atoms with Gasteiger partial charge in [0.25, 0.3) is 5.91 Å². The van der Waals surface area contributed by atoms with E-state index < -0.39 is 0 Å². The summed E-state index contributed by atoms with van der Waals surface area (Å²) in [5, 5.41) is 0. The van der Waals surface area contributed by atoms with Gasteiger partial charge in [-0.1, -0.05) is 78.6 Å². The average molecular weight is 490 g/mol. The highest BCUT2D eigenvalue weighted by atomic mass is 32.2. The number of hydrogen-bond donors (Lipinski definition) is 0. The topological polar surface area (TPSA) is 38.8 Å². The summed E-state index contributed by atoms with van der Waals surface area (Å²) in [6.45, 7) is 5.82. The number of thiocarbonyl (C=S) groups is 1. The fourth-order valence-electron chi connectivity index (χ4n) is 3.53. The van der Waals surface area contributed by atoms with E-state index in [9.17, 15) is 4.79 Å². The summed E-state index contributed by atoms with van der Waals surface area (Å²) < 4.78 is 12.3. The van der Waals surface area contributed by atoms with Crippen molar-refractivity contribution < 1.29 is 14.3 Å². The van der Waals surface area contributed by atoms with Crippen LogP contribution in [0.5, 0.6) is 11.5 Å². The van der Waals surface area contributed by atoms with E-state index in [2.05, 4.69) is 19.9 Å². The summed E-state index contributed by atoms with van der Waals surface area (Å²) in [5.41, 5.74) is 4.40. The lowest BCUT2D eigenvalue weighted by Crippen LogP contribution is -2.27. The number of hydrogen-bond acceptors (Lipinski definition) is 5. The summed E-state index contributed by atoms with van der Waals surface area (Å²) in [7, 11) is 0. The van der Waals surface area contributed by atoms with Crippen molar-refractivity contribution in [3.05, 3.63) is 100.0 Å². The van der Waals surface area contributed by atoms with Gasteiger partial charge >= 0.3 is 0 Å². The quantitative estimate of drug-likeness (QED) is 0.194. The maximum atomic E-state index is 12.8. The molecule has 0 bridgehead atoms. The molecule has 34 heavy (non-hydrogen) atoms. The highest BCUT2D eigenvalue weighted by molar-refractivity contribution is 8.26. The predicted octanol–water partition coefficient (Wildman–Crippen LogP) is 6.55. The number of carbonyl (C=O) groups is 1. The van der Waals surface area contributed by atoms with Gasteiger partial charge in [0.15, 0.2) is 0 Å². The van der Waals surface area contributed by atoms with E-state index in [4.69, 9.17) is 21.7 Å². The summed E-state index contributed by atoms with van der Waals surface area (Å²) in [6, 6.07) is 23.7. The van der Waals surface area contributed by atoms with Crippen LogP contribution in [0.1, 0.15) is 28.7 Å². The lowest BCUT2D eigenvalue weighted by atomic mass is 10.1. The largest absolute Gasteiger partial charge is 0.493 e. The first-order chi connectivity index (χ1) is 16.5. The Morgan fingerprint density at radius 1 is 0.912 bits per heavy atom. The number of nitrogens with zero attached hydrogens (tertiary/aromatic N) is 1. The Labute approximate surface area is 210 Å². The normalized spacial score (nSPS) is 14.6. The first kappa shape index (κ1) is 24.0. The van der Waals surface area contributed by atoms with Crippen LogP contribution >= 0.6 is 24.0 Å². The van der Waals surface area contributed by atoms with Crippen molar-refractivity contribution in [3.8, 4) is 11.5 Å². The molecular formula is C28H27NO3S2. The van der Waals surface area contributed by atoms with Gasteiger partial charge in [-0.05, 0) is 60.4 Å². The van der Waals surface area contributed by atoms with Crippen molar-refractivity contribution >= 4 is 40.3 Å². The van der Waals surface area contributed by atoms with Crippen molar-refractivity contribution in [1.82, 2.24) is 4.90 Å². The number of aryl methyl sites for hydroxylation is 1. The molecule has 3 aromatic rings. The Morgan fingerprint density at radius 2 is 1.65 bits per heavy atom. The SMILES string of the molecule is Cc1cccc(OCCCOc2ccc(/C=C3\SC(=S)N(Cc4ccccc4)C3=O)cc2)c1C. The third-order valence-corrected chi connectivity index (χ3v) is 6.98. The molecule has 4 nitrogen and oxygen atoms in total. The van der Waals surface area contributed by atoms with Crippen molar-refractivity contribution in [3.63, 3.8) is 0 Å². The molecule has 0 radical (unpaired) electrons. The number of carbonyl (C=O) groups excluding carboxylic acids is 1. The van der Waals surface area contributed by atoms with E-state index in [1.807, 2.05) is 72.8 Å². The first-order valence-corrected chi connectivity index (χ1v) is 12.4. The highest BCUT2D eigenvalue weighted by Gasteiger charge is 2.31. The van der Waals surface area contributed by atoms with Crippen molar-refractivity contribution in [2.45, 2.75) is 26.8 Å². The zero-order valence-electron chi connectivity index (χ0n) is 19.3. The van der Waals surface area contributed by atoms with Crippen LogP contribution in [0, 0.1) is 13.8 Å². The maximum Gasteiger partial charge on any atom is 0.266 e. The van der Waals surface area contributed by atoms with Gasteiger partial charge in [-0.15, -0.1) is 0 Å². The Bertz CT molecular complexity index is 1190. The molecule has 1 saturated heterocycles. The molecular weight excluding hydrogens is 462 g/mol. The number of amides is 1. The lowest BCUT2D eigenvalue weighted by Gasteiger charge is -2.14. The van der Waals surface area contributed by atoms with Gasteiger partial charge in [-0.25, -0.2) is 0 Å². The van der Waals surface area contributed by atoms with Crippen molar-refractivity contribution in [1.29, 1.82) is 0 Å². The second-order valence-corrected chi connectivity index (χ2v) is 9.75. The number of ether oxygens (including phenoxy) is 2. The highest BCUT2D eigenvalue weighted by Crippen LogP contribution is 2.33. The molecule has 1 fully saturated rings. The van der Waals surface area contributed by atoms with Gasteiger partial charge in [-0.3, -0.25) is 9.69 Å². The van der Waals surface area contributed by atoms with Crippen LogP contribution in [0.3, 0.4) is 0 Å². The van der Waals surface area contributed by atoms with Crippen LogP contribution in [0.25, 0.3) is 6.08 Å². The molecule has 174 valence electrons. The second kappa shape index (κ2) is 11.4. The third-order valence-electron chi connectivity index (χ3n) is 5.60. The fraction of sp³-hybridized carbons (Fsp3) is 0.214. The van der Waals surface area contributed by atoms with Crippen LogP contribution in [0.4, 0.5) is 0 Å². The average Bonchev–Trinajstić information content (AvgIpc) is 3.10. The molecule has 4 rings (SSSR count). The molecule has 0 aromatic heterocycles. The molecule has 0 atom stereocenters. The molecule has 0 saturated carbocycles. The first-order valence-electron chi connectivity index (χ1n) is 11.2. The maximum absolute atomic E-state index is 12.8. The Morgan fingerprint density at radius 3 is 2.41 bits per heavy atom. The van der Waals surface area contributed by atoms with E-state index in [1.165, 1.54) is 22.9 Å². The van der Waals surface area contributed by atoms with Gasteiger partial charge in [0.05, 0.1) is 24.7 Å². The molecule has 1 aliphatic heterocycles. The Kier molecular flexibility index (Phi) is 8.03. The summed E-state index contributed by atoms with van der Waals surface area (Å²) in [6.07, 6.45) is 2.67. The van der Waals surface area contributed by atoms with E-state index in [0.29, 0.717) is 29.0 Å². The monoisotopic (exact) mass is 489 g/mol. The predicted molar refractivity (Wildman–Crippen MR) is 143 cm³/mol. The number of thioether (sulfide) groups is 1. The van der Waals surface area contributed by atoms with E-state index in [0.717, 1.165) is 29.0 Å². The van der Waals surface area contributed by atoms with Crippen LogP contribution in [0.2, 0.25) is 0 Å². The zero-order valence-corrected chi connectivity index (χ0v) is 21.0. The van der Waals surface area contributed by atoms with Crippen LogP contribution in [-0.2, 0) is 11.3 Å². The Hall–Kier alpha value is -3.09. The zero-order chi connectivity index (χ0) is 23.9. The lowest BCUT2D eigenvalue weighted by molar-refractivity contribution is -0.122. The van der Waals surface area contributed by atoms with Gasteiger partial charge in [-0.2, -0.15) is 0 Å². The van der Waals surface area contributed by atoms with Crippen LogP contribution in [-0.4, -0.2) is 28.3 Å². The molecule has 1 aliphatic rings. The van der Waals surface area contributed by atoms with E-state index in [1.54, 1.807) is 4.90 Å². The molecule has 0 N–H and O–H groups in total. The minimum Gasteiger partial charge on any atom is -0.493 e. The van der Waals surface area contributed by atoms with E-state index in [-0.39, 0.29) is 5.91 Å². The summed E-state index contributed by atoms with van der Waals surface area (Å²) >= 11 is 6.78. The van der Waals surface area contributed by atoms with E-state index >= 15 is 0 Å². The molecule has 1 amide bonds.